The number of hydrogen-bond acceptors (Lipinski definition) is 4. The van der Waals surface area contributed by atoms with Crippen molar-refractivity contribution in [2.75, 3.05) is 6.61 Å². The predicted octanol–water partition coefficient (Wildman–Crippen LogP) is 0.208. The first-order valence-electron chi connectivity index (χ1n) is 3.78. The summed E-state index contributed by atoms with van der Waals surface area (Å²) in [5.74, 6) is -0.419. The number of furan rings is 1. The molecule has 5 heteroatoms. The van der Waals surface area contributed by atoms with E-state index in [2.05, 4.69) is 0 Å². The molecule has 3 N–H and O–H groups in total. The molecule has 1 atom stereocenters. The molecule has 13 heavy (non-hydrogen) atoms. The number of carboxylic acids is 1. The van der Waals surface area contributed by atoms with E-state index in [-0.39, 0.29) is 13.2 Å². The molecular formula is C8H11NO4. The zero-order chi connectivity index (χ0) is 9.68. The van der Waals surface area contributed by atoms with Crippen LogP contribution >= 0.6 is 0 Å². The molecule has 0 saturated carbocycles. The van der Waals surface area contributed by atoms with Crippen molar-refractivity contribution in [3.05, 3.63) is 24.2 Å². The number of carboxylic acid groups (broad SMARTS) is 1. The van der Waals surface area contributed by atoms with Crippen LogP contribution in [0.4, 0.5) is 0 Å². The lowest BCUT2D eigenvalue weighted by molar-refractivity contribution is -0.140. The van der Waals surface area contributed by atoms with E-state index in [1.165, 1.54) is 6.26 Å². The van der Waals surface area contributed by atoms with Crippen molar-refractivity contribution < 1.29 is 19.1 Å². The van der Waals surface area contributed by atoms with Crippen LogP contribution in [0.2, 0.25) is 0 Å². The van der Waals surface area contributed by atoms with Gasteiger partial charge >= 0.3 is 5.97 Å². The van der Waals surface area contributed by atoms with Crippen LogP contribution in [0.25, 0.3) is 0 Å². The Balaban J connectivity index is 2.18. The number of carbonyl (C=O) groups is 1. The molecule has 0 spiro atoms. The number of aliphatic carboxylic acids is 1. The maximum atomic E-state index is 10.3. The Hall–Kier alpha value is -1.33. The van der Waals surface area contributed by atoms with Gasteiger partial charge < -0.3 is 20.0 Å². The van der Waals surface area contributed by atoms with Crippen molar-refractivity contribution in [1.29, 1.82) is 0 Å². The van der Waals surface area contributed by atoms with Crippen molar-refractivity contribution in [2.24, 2.45) is 5.73 Å². The Labute approximate surface area is 75.1 Å². The van der Waals surface area contributed by atoms with Gasteiger partial charge in [0, 0.05) is 0 Å². The van der Waals surface area contributed by atoms with Gasteiger partial charge in [0.15, 0.2) is 0 Å². The SMILES string of the molecule is NC(COCc1ccco1)C(=O)O. The van der Waals surface area contributed by atoms with E-state index in [0.717, 1.165) is 0 Å². The Morgan fingerprint density at radius 1 is 1.77 bits per heavy atom. The third-order valence-corrected chi connectivity index (χ3v) is 1.44. The summed E-state index contributed by atoms with van der Waals surface area (Å²) in [4.78, 5) is 10.3. The van der Waals surface area contributed by atoms with Crippen LogP contribution in [0.5, 0.6) is 0 Å². The number of rotatable bonds is 5. The maximum absolute atomic E-state index is 10.3. The molecule has 72 valence electrons. The molecule has 0 aliphatic carbocycles. The third kappa shape index (κ3) is 3.27. The number of nitrogens with two attached hydrogens (primary N) is 1. The molecule has 1 aromatic rings. The predicted molar refractivity (Wildman–Crippen MR) is 44.0 cm³/mol. The highest BCUT2D eigenvalue weighted by molar-refractivity contribution is 5.73. The first kappa shape index (κ1) is 9.76. The summed E-state index contributed by atoms with van der Waals surface area (Å²) in [5, 5.41) is 8.41. The lowest BCUT2D eigenvalue weighted by atomic mass is 10.3. The van der Waals surface area contributed by atoms with Gasteiger partial charge in [0.2, 0.25) is 0 Å². The Kier molecular flexibility index (Phi) is 3.48. The molecule has 0 amide bonds. The summed E-state index contributed by atoms with van der Waals surface area (Å²) < 4.78 is 9.96. The van der Waals surface area contributed by atoms with Gasteiger partial charge in [-0.15, -0.1) is 0 Å². The Morgan fingerprint density at radius 2 is 2.54 bits per heavy atom. The van der Waals surface area contributed by atoms with Gasteiger partial charge in [-0.1, -0.05) is 0 Å². The van der Waals surface area contributed by atoms with Crippen LogP contribution in [0.1, 0.15) is 5.76 Å². The molecule has 1 unspecified atom stereocenters. The second-order valence-corrected chi connectivity index (χ2v) is 2.54. The van der Waals surface area contributed by atoms with E-state index < -0.39 is 12.0 Å². The fourth-order valence-corrected chi connectivity index (χ4v) is 0.752. The maximum Gasteiger partial charge on any atom is 0.322 e. The highest BCUT2D eigenvalue weighted by Gasteiger charge is 2.11. The van der Waals surface area contributed by atoms with Gasteiger partial charge in [-0.05, 0) is 12.1 Å². The highest BCUT2D eigenvalue weighted by atomic mass is 16.5. The minimum atomic E-state index is -1.07. The summed E-state index contributed by atoms with van der Waals surface area (Å²) in [6.45, 7) is 0.226. The zero-order valence-corrected chi connectivity index (χ0v) is 6.97. The second kappa shape index (κ2) is 4.64. The molecule has 0 bridgehead atoms. The fraction of sp³-hybridized carbons (Fsp3) is 0.375. The molecule has 0 radical (unpaired) electrons. The van der Waals surface area contributed by atoms with Crippen molar-refractivity contribution in [3.63, 3.8) is 0 Å². The van der Waals surface area contributed by atoms with Crippen LogP contribution < -0.4 is 5.73 Å². The molecule has 0 aliphatic heterocycles. The van der Waals surface area contributed by atoms with Gasteiger partial charge in [0.1, 0.15) is 18.4 Å². The summed E-state index contributed by atoms with van der Waals surface area (Å²) in [7, 11) is 0. The van der Waals surface area contributed by atoms with Crippen LogP contribution in [-0.2, 0) is 16.1 Å². The van der Waals surface area contributed by atoms with E-state index in [9.17, 15) is 4.79 Å². The molecule has 1 rings (SSSR count). The van der Waals surface area contributed by atoms with Crippen LogP contribution in [0.3, 0.4) is 0 Å². The molecule has 5 nitrogen and oxygen atoms in total. The molecule has 0 aliphatic rings. The minimum Gasteiger partial charge on any atom is -0.480 e. The van der Waals surface area contributed by atoms with Gasteiger partial charge in [0.25, 0.3) is 0 Å². The van der Waals surface area contributed by atoms with Crippen molar-refractivity contribution in [2.45, 2.75) is 12.6 Å². The Bertz CT molecular complexity index is 257. The van der Waals surface area contributed by atoms with Gasteiger partial charge in [-0.2, -0.15) is 0 Å². The first-order chi connectivity index (χ1) is 6.20. The molecule has 1 aromatic heterocycles. The summed E-state index contributed by atoms with van der Waals surface area (Å²) in [5.41, 5.74) is 5.20. The van der Waals surface area contributed by atoms with Crippen molar-refractivity contribution in [1.82, 2.24) is 0 Å². The molecular weight excluding hydrogens is 174 g/mol. The van der Waals surface area contributed by atoms with Gasteiger partial charge in [-0.3, -0.25) is 4.79 Å². The van der Waals surface area contributed by atoms with Crippen LogP contribution in [-0.4, -0.2) is 23.7 Å². The van der Waals surface area contributed by atoms with Gasteiger partial charge in [0.05, 0.1) is 12.9 Å². The van der Waals surface area contributed by atoms with E-state index in [4.69, 9.17) is 20.0 Å². The summed E-state index contributed by atoms with van der Waals surface area (Å²) >= 11 is 0. The molecule has 0 fully saturated rings. The largest absolute Gasteiger partial charge is 0.480 e. The van der Waals surface area contributed by atoms with Gasteiger partial charge in [-0.25, -0.2) is 0 Å². The minimum absolute atomic E-state index is 0.0178. The zero-order valence-electron chi connectivity index (χ0n) is 6.97. The van der Waals surface area contributed by atoms with Crippen molar-refractivity contribution >= 4 is 5.97 Å². The standard InChI is InChI=1S/C8H11NO4/c9-7(8(10)11)5-12-4-6-2-1-3-13-6/h1-3,7H,4-5,9H2,(H,10,11). The molecule has 1 heterocycles. The highest BCUT2D eigenvalue weighted by Crippen LogP contribution is 2.01. The lowest BCUT2D eigenvalue weighted by Gasteiger charge is -2.05. The van der Waals surface area contributed by atoms with Crippen molar-refractivity contribution in [3.8, 4) is 0 Å². The summed E-state index contributed by atoms with van der Waals surface area (Å²) in [6, 6.07) is 2.50. The number of hydrogen-bond donors (Lipinski definition) is 2. The topological polar surface area (TPSA) is 85.7 Å². The molecule has 0 aromatic carbocycles. The third-order valence-electron chi connectivity index (χ3n) is 1.44. The van der Waals surface area contributed by atoms with Crippen LogP contribution in [0.15, 0.2) is 22.8 Å². The van der Waals surface area contributed by atoms with Crippen LogP contribution in [0, 0.1) is 0 Å². The van der Waals surface area contributed by atoms with E-state index >= 15 is 0 Å². The monoisotopic (exact) mass is 185 g/mol. The average Bonchev–Trinajstić information content (AvgIpc) is 2.56. The van der Waals surface area contributed by atoms with E-state index in [1.807, 2.05) is 0 Å². The quantitative estimate of drug-likeness (QED) is 0.684. The van der Waals surface area contributed by atoms with E-state index in [0.29, 0.717) is 5.76 Å². The fourth-order valence-electron chi connectivity index (χ4n) is 0.752. The summed E-state index contributed by atoms with van der Waals surface area (Å²) in [6.07, 6.45) is 1.52. The second-order valence-electron chi connectivity index (χ2n) is 2.54. The van der Waals surface area contributed by atoms with E-state index in [1.54, 1.807) is 12.1 Å². The molecule has 0 saturated heterocycles. The first-order valence-corrected chi connectivity index (χ1v) is 3.78. The number of ether oxygens (including phenoxy) is 1. The Morgan fingerprint density at radius 3 is 3.08 bits per heavy atom. The lowest BCUT2D eigenvalue weighted by Crippen LogP contribution is -2.34. The normalized spacial score (nSPS) is 12.7. The average molecular weight is 185 g/mol. The smallest absolute Gasteiger partial charge is 0.322 e.